The molecule has 0 radical (unpaired) electrons. The number of pyridine rings is 1. The fraction of sp³-hybridized carbons (Fsp3) is 0.400. The number of rotatable bonds is 4. The molecule has 0 aromatic carbocycles. The lowest BCUT2D eigenvalue weighted by atomic mass is 10.2. The maximum Gasteiger partial charge on any atom is 0.308 e. The Kier molecular flexibility index (Phi) is 4.32. The highest BCUT2D eigenvalue weighted by molar-refractivity contribution is 6.33. The van der Waals surface area contributed by atoms with E-state index in [0.29, 0.717) is 5.75 Å². The molecule has 1 heterocycles. The molecule has 0 fully saturated rings. The van der Waals surface area contributed by atoms with E-state index >= 15 is 0 Å². The highest BCUT2D eigenvalue weighted by Gasteiger charge is 2.05. The van der Waals surface area contributed by atoms with E-state index < -0.39 is 0 Å². The van der Waals surface area contributed by atoms with Gasteiger partial charge < -0.3 is 4.74 Å². The lowest BCUT2D eigenvalue weighted by molar-refractivity contribution is -0.131. The summed E-state index contributed by atoms with van der Waals surface area (Å²) >= 11 is 0. The molecule has 0 N–H and O–H groups in total. The number of nitrogens with zero attached hydrogens (tertiary/aromatic N) is 1. The Morgan fingerprint density at radius 2 is 2.43 bits per heavy atom. The number of carbonyl (C=O) groups is 1. The molecule has 0 aliphatic rings. The number of aryl methyl sites for hydroxylation is 1. The Hall–Kier alpha value is -1.16. The van der Waals surface area contributed by atoms with Crippen LogP contribution < -0.4 is 4.74 Å². The van der Waals surface area contributed by atoms with E-state index in [1.165, 1.54) is 13.0 Å². The Balaban J connectivity index is 2.74. The zero-order chi connectivity index (χ0) is 10.4. The topological polar surface area (TPSA) is 39.2 Å². The van der Waals surface area contributed by atoms with Crippen LogP contribution >= 0.6 is 0 Å². The van der Waals surface area contributed by atoms with Gasteiger partial charge in [-0.25, -0.2) is 0 Å². The molecule has 0 saturated heterocycles. The maximum absolute atomic E-state index is 10.8. The number of carbonyl (C=O) groups excluding carboxylic acids is 1. The van der Waals surface area contributed by atoms with Crippen LogP contribution in [0.4, 0.5) is 0 Å². The van der Waals surface area contributed by atoms with E-state index in [4.69, 9.17) is 4.74 Å². The van der Waals surface area contributed by atoms with Gasteiger partial charge in [0.15, 0.2) is 5.75 Å². The molecule has 0 atom stereocenters. The third-order valence-corrected chi connectivity index (χ3v) is 2.93. The summed E-state index contributed by atoms with van der Waals surface area (Å²) in [5.41, 5.74) is 0.900. The maximum atomic E-state index is 10.8. The fourth-order valence-corrected chi connectivity index (χ4v) is 1.89. The zero-order valence-corrected chi connectivity index (χ0v) is 10.0. The SMILES string of the molecule is C[SiH2]CCc1ncccc1OC(C)=O. The molecule has 1 rings (SSSR count). The van der Waals surface area contributed by atoms with Crippen molar-refractivity contribution in [3.63, 3.8) is 0 Å². The van der Waals surface area contributed by atoms with E-state index in [1.54, 1.807) is 18.3 Å². The third kappa shape index (κ3) is 3.30. The van der Waals surface area contributed by atoms with Crippen LogP contribution in [0.15, 0.2) is 18.3 Å². The quantitative estimate of drug-likeness (QED) is 0.552. The monoisotopic (exact) mass is 209 g/mol. The van der Waals surface area contributed by atoms with Gasteiger partial charge in [0.25, 0.3) is 0 Å². The molecule has 14 heavy (non-hydrogen) atoms. The second-order valence-corrected chi connectivity index (χ2v) is 4.85. The number of aromatic nitrogens is 1. The van der Waals surface area contributed by atoms with Gasteiger partial charge >= 0.3 is 5.97 Å². The van der Waals surface area contributed by atoms with E-state index in [1.807, 2.05) is 0 Å². The standard InChI is InChI=1S/C10H15NO2Si/c1-8(12)13-10-4-3-6-11-9(10)5-7-14-2/h3-4,6H,5,7,14H2,1-2H3. The van der Waals surface area contributed by atoms with Gasteiger partial charge in [0.05, 0.1) is 5.69 Å². The van der Waals surface area contributed by atoms with Gasteiger partial charge in [-0.15, -0.1) is 0 Å². The smallest absolute Gasteiger partial charge is 0.308 e. The minimum Gasteiger partial charge on any atom is -0.425 e. The van der Waals surface area contributed by atoms with Crippen molar-refractivity contribution in [3.8, 4) is 5.75 Å². The first kappa shape index (κ1) is 10.9. The lowest BCUT2D eigenvalue weighted by Crippen LogP contribution is -2.05. The van der Waals surface area contributed by atoms with Gasteiger partial charge in [-0.05, 0) is 18.6 Å². The van der Waals surface area contributed by atoms with E-state index in [9.17, 15) is 4.79 Å². The van der Waals surface area contributed by atoms with Crippen molar-refractivity contribution in [1.82, 2.24) is 4.98 Å². The molecular weight excluding hydrogens is 194 g/mol. The predicted octanol–water partition coefficient (Wildman–Crippen LogP) is 1.18. The first-order valence-corrected chi connectivity index (χ1v) is 7.27. The average Bonchev–Trinajstić information content (AvgIpc) is 2.16. The molecule has 0 aliphatic heterocycles. The Labute approximate surface area is 86.3 Å². The van der Waals surface area contributed by atoms with Gasteiger partial charge in [0.1, 0.15) is 0 Å². The molecule has 76 valence electrons. The second kappa shape index (κ2) is 5.54. The summed E-state index contributed by atoms with van der Waals surface area (Å²) in [5.74, 6) is 0.329. The van der Waals surface area contributed by atoms with Crippen LogP contribution in [0.2, 0.25) is 12.6 Å². The van der Waals surface area contributed by atoms with Crippen LogP contribution in [0.3, 0.4) is 0 Å². The summed E-state index contributed by atoms with van der Waals surface area (Å²) in [5, 5.41) is 0. The van der Waals surface area contributed by atoms with Gasteiger partial charge in [-0.1, -0.05) is 12.6 Å². The highest BCUT2D eigenvalue weighted by atomic mass is 28.2. The summed E-state index contributed by atoms with van der Waals surface area (Å²) in [6.07, 6.45) is 2.66. The fourth-order valence-electron chi connectivity index (χ4n) is 1.20. The largest absolute Gasteiger partial charge is 0.425 e. The summed E-state index contributed by atoms with van der Waals surface area (Å²) < 4.78 is 5.06. The summed E-state index contributed by atoms with van der Waals surface area (Å²) in [6, 6.07) is 4.78. The Morgan fingerprint density at radius 3 is 3.07 bits per heavy atom. The van der Waals surface area contributed by atoms with Crippen molar-refractivity contribution >= 4 is 15.5 Å². The molecule has 0 aliphatic carbocycles. The van der Waals surface area contributed by atoms with Crippen LogP contribution in [0.25, 0.3) is 0 Å². The van der Waals surface area contributed by atoms with Crippen molar-refractivity contribution in [3.05, 3.63) is 24.0 Å². The number of esters is 1. The van der Waals surface area contributed by atoms with E-state index in [-0.39, 0.29) is 15.5 Å². The Morgan fingerprint density at radius 1 is 1.64 bits per heavy atom. The number of hydrogen-bond acceptors (Lipinski definition) is 3. The minimum absolute atomic E-state index is 0.0467. The van der Waals surface area contributed by atoms with Gasteiger partial charge in [0.2, 0.25) is 0 Å². The summed E-state index contributed by atoms with van der Waals surface area (Å²) in [6.45, 7) is 3.67. The predicted molar refractivity (Wildman–Crippen MR) is 58.5 cm³/mol. The van der Waals surface area contributed by atoms with Crippen LogP contribution in [0.5, 0.6) is 5.75 Å². The molecule has 0 bridgehead atoms. The number of ether oxygens (including phenoxy) is 1. The van der Waals surface area contributed by atoms with Gasteiger partial charge in [-0.2, -0.15) is 0 Å². The van der Waals surface area contributed by atoms with Crippen LogP contribution in [0, 0.1) is 0 Å². The molecule has 0 spiro atoms. The Bertz CT molecular complexity index is 315. The van der Waals surface area contributed by atoms with Crippen molar-refractivity contribution in [1.29, 1.82) is 0 Å². The van der Waals surface area contributed by atoms with Crippen molar-refractivity contribution in [2.75, 3.05) is 0 Å². The van der Waals surface area contributed by atoms with E-state index in [2.05, 4.69) is 11.5 Å². The number of hydrogen-bond donors (Lipinski definition) is 0. The second-order valence-electron chi connectivity index (χ2n) is 3.15. The molecule has 0 unspecified atom stereocenters. The highest BCUT2D eigenvalue weighted by Crippen LogP contribution is 2.16. The van der Waals surface area contributed by atoms with Gasteiger partial charge in [-0.3, -0.25) is 9.78 Å². The van der Waals surface area contributed by atoms with Crippen LogP contribution in [-0.4, -0.2) is 20.5 Å². The van der Waals surface area contributed by atoms with Crippen molar-refractivity contribution in [2.45, 2.75) is 25.9 Å². The first-order chi connectivity index (χ1) is 6.74. The lowest BCUT2D eigenvalue weighted by Gasteiger charge is -2.06. The van der Waals surface area contributed by atoms with Gasteiger partial charge in [0, 0.05) is 22.6 Å². The van der Waals surface area contributed by atoms with Crippen molar-refractivity contribution in [2.24, 2.45) is 0 Å². The molecular formula is C10H15NO2Si. The molecule has 1 aromatic heterocycles. The first-order valence-electron chi connectivity index (χ1n) is 4.86. The minimum atomic E-state index is -0.284. The summed E-state index contributed by atoms with van der Waals surface area (Å²) in [4.78, 5) is 15.0. The average molecular weight is 209 g/mol. The van der Waals surface area contributed by atoms with Crippen LogP contribution in [0.1, 0.15) is 12.6 Å². The summed E-state index contributed by atoms with van der Waals surface area (Å²) in [7, 11) is 0.0467. The molecule has 4 heteroatoms. The molecule has 0 saturated carbocycles. The third-order valence-electron chi connectivity index (χ3n) is 1.87. The van der Waals surface area contributed by atoms with Crippen LogP contribution in [-0.2, 0) is 11.2 Å². The van der Waals surface area contributed by atoms with E-state index in [0.717, 1.165) is 12.1 Å². The molecule has 1 aromatic rings. The normalized spacial score (nSPS) is 10.7. The van der Waals surface area contributed by atoms with Crippen molar-refractivity contribution < 1.29 is 9.53 Å². The molecule has 0 amide bonds. The molecule has 3 nitrogen and oxygen atoms in total. The zero-order valence-electron chi connectivity index (χ0n) is 8.62.